The molecule has 1 amide bonds. The van der Waals surface area contributed by atoms with Crippen molar-refractivity contribution < 1.29 is 28.2 Å². The minimum Gasteiger partial charge on any atom is -0.464 e. The zero-order valence-corrected chi connectivity index (χ0v) is 14.5. The summed E-state index contributed by atoms with van der Waals surface area (Å²) in [6.45, 7) is 4.12. The van der Waals surface area contributed by atoms with Gasteiger partial charge < -0.3 is 14.8 Å². The first-order valence-electron chi connectivity index (χ1n) is 7.90. The number of hydrogen-bond donors (Lipinski definition) is 1. The van der Waals surface area contributed by atoms with E-state index < -0.39 is 35.6 Å². The lowest BCUT2D eigenvalue weighted by molar-refractivity contribution is -0.168. The van der Waals surface area contributed by atoms with Crippen molar-refractivity contribution in [3.05, 3.63) is 41.7 Å². The second-order valence-corrected chi connectivity index (χ2v) is 5.21. The molecule has 0 spiro atoms. The molecule has 0 saturated carbocycles. The molecule has 0 aromatic heterocycles. The van der Waals surface area contributed by atoms with Crippen molar-refractivity contribution in [3.63, 3.8) is 0 Å². The maximum absolute atomic E-state index is 14.5. The summed E-state index contributed by atoms with van der Waals surface area (Å²) in [5.41, 5.74) is -1.72. The standard InChI is InChI=1S/C18H22FNO5/c1-4-24-16(22)18(20-13(3)21,17(23)25-5-2)12-15(19)11-14-9-7-6-8-10-14/h6-11H,4-5,12H2,1-3H3,(H,20,21)/b15-11-. The van der Waals surface area contributed by atoms with E-state index in [2.05, 4.69) is 5.32 Å². The zero-order chi connectivity index (χ0) is 18.9. The van der Waals surface area contributed by atoms with Gasteiger partial charge in [-0.15, -0.1) is 0 Å². The number of carbonyl (C=O) groups excluding carboxylic acids is 3. The van der Waals surface area contributed by atoms with Crippen LogP contribution in [-0.2, 0) is 23.9 Å². The van der Waals surface area contributed by atoms with Crippen molar-refractivity contribution in [2.45, 2.75) is 32.7 Å². The van der Waals surface area contributed by atoms with Gasteiger partial charge in [0.1, 0.15) is 5.83 Å². The molecule has 1 N–H and O–H groups in total. The predicted molar refractivity (Wildman–Crippen MR) is 90.0 cm³/mol. The van der Waals surface area contributed by atoms with Crippen LogP contribution in [0.1, 0.15) is 32.8 Å². The van der Waals surface area contributed by atoms with E-state index >= 15 is 0 Å². The highest BCUT2D eigenvalue weighted by atomic mass is 19.1. The largest absolute Gasteiger partial charge is 0.464 e. The van der Waals surface area contributed by atoms with Crippen LogP contribution in [0.25, 0.3) is 6.08 Å². The molecule has 0 bridgehead atoms. The number of carbonyl (C=O) groups is 3. The first-order valence-corrected chi connectivity index (χ1v) is 7.90. The molecule has 25 heavy (non-hydrogen) atoms. The van der Waals surface area contributed by atoms with Gasteiger partial charge in [0.25, 0.3) is 0 Å². The highest BCUT2D eigenvalue weighted by molar-refractivity contribution is 6.08. The number of halogens is 1. The van der Waals surface area contributed by atoms with Gasteiger partial charge in [-0.05, 0) is 25.5 Å². The molecule has 6 nitrogen and oxygen atoms in total. The van der Waals surface area contributed by atoms with Crippen LogP contribution in [0.3, 0.4) is 0 Å². The third kappa shape index (κ3) is 5.70. The van der Waals surface area contributed by atoms with E-state index in [4.69, 9.17) is 9.47 Å². The van der Waals surface area contributed by atoms with Crippen LogP contribution < -0.4 is 5.32 Å². The Kier molecular flexibility index (Phi) is 7.78. The number of rotatable bonds is 8. The van der Waals surface area contributed by atoms with Crippen LogP contribution in [0.5, 0.6) is 0 Å². The zero-order valence-electron chi connectivity index (χ0n) is 14.5. The van der Waals surface area contributed by atoms with Crippen molar-refractivity contribution in [2.24, 2.45) is 0 Å². The molecule has 0 unspecified atom stereocenters. The SMILES string of the molecule is CCOC(=O)C(C/C(F)=C/c1ccccc1)(NC(C)=O)C(=O)OCC. The molecule has 0 fully saturated rings. The first-order chi connectivity index (χ1) is 11.9. The Labute approximate surface area is 146 Å². The van der Waals surface area contributed by atoms with Gasteiger partial charge in [-0.2, -0.15) is 0 Å². The summed E-state index contributed by atoms with van der Waals surface area (Å²) in [7, 11) is 0. The minimum absolute atomic E-state index is 0.0381. The second kappa shape index (κ2) is 9.56. The molecule has 136 valence electrons. The molecule has 0 aliphatic carbocycles. The topological polar surface area (TPSA) is 81.7 Å². The lowest BCUT2D eigenvalue weighted by Gasteiger charge is -2.29. The summed E-state index contributed by atoms with van der Waals surface area (Å²) in [4.78, 5) is 36.3. The molecule has 7 heteroatoms. The number of nitrogens with one attached hydrogen (secondary N) is 1. The van der Waals surface area contributed by atoms with E-state index in [9.17, 15) is 18.8 Å². The van der Waals surface area contributed by atoms with Crippen molar-refractivity contribution in [1.82, 2.24) is 5.32 Å². The highest BCUT2D eigenvalue weighted by Crippen LogP contribution is 2.24. The fourth-order valence-electron chi connectivity index (χ4n) is 2.22. The average molecular weight is 351 g/mol. The second-order valence-electron chi connectivity index (χ2n) is 5.21. The number of hydrogen-bond acceptors (Lipinski definition) is 5. The summed E-state index contributed by atoms with van der Waals surface area (Å²) in [5.74, 6) is -3.60. The van der Waals surface area contributed by atoms with Crippen LogP contribution in [0, 0.1) is 0 Å². The van der Waals surface area contributed by atoms with Gasteiger partial charge in [-0.25, -0.2) is 14.0 Å². The number of ether oxygens (including phenoxy) is 2. The van der Waals surface area contributed by atoms with Crippen molar-refractivity contribution in [2.75, 3.05) is 13.2 Å². The highest BCUT2D eigenvalue weighted by Gasteiger charge is 2.50. The smallest absolute Gasteiger partial charge is 0.344 e. The van der Waals surface area contributed by atoms with Gasteiger partial charge in [0.2, 0.25) is 11.4 Å². The van der Waals surface area contributed by atoms with Gasteiger partial charge in [-0.1, -0.05) is 30.3 Å². The third-order valence-corrected chi connectivity index (χ3v) is 3.19. The maximum atomic E-state index is 14.5. The molecule has 0 saturated heterocycles. The fourth-order valence-corrected chi connectivity index (χ4v) is 2.22. The van der Waals surface area contributed by atoms with Crippen LogP contribution >= 0.6 is 0 Å². The maximum Gasteiger partial charge on any atom is 0.344 e. The minimum atomic E-state index is -2.27. The Hall–Kier alpha value is -2.70. The molecule has 1 aromatic carbocycles. The van der Waals surface area contributed by atoms with E-state index in [0.29, 0.717) is 5.56 Å². The summed E-state index contributed by atoms with van der Waals surface area (Å²) in [6, 6.07) is 8.53. The Morgan fingerprint density at radius 3 is 2.04 bits per heavy atom. The predicted octanol–water partition coefficient (Wildman–Crippen LogP) is 2.39. The van der Waals surface area contributed by atoms with Gasteiger partial charge in [0.15, 0.2) is 0 Å². The number of amides is 1. The van der Waals surface area contributed by atoms with E-state index in [-0.39, 0.29) is 13.2 Å². The molecule has 0 heterocycles. The van der Waals surface area contributed by atoms with Crippen molar-refractivity contribution >= 4 is 23.9 Å². The molecule has 1 aromatic rings. The lowest BCUT2D eigenvalue weighted by Crippen LogP contribution is -2.61. The molecular formula is C18H22FNO5. The molecular weight excluding hydrogens is 329 g/mol. The van der Waals surface area contributed by atoms with Crippen LogP contribution in [0.4, 0.5) is 4.39 Å². The first kappa shape index (κ1) is 20.3. The van der Waals surface area contributed by atoms with E-state index in [1.54, 1.807) is 30.3 Å². The Morgan fingerprint density at radius 2 is 1.60 bits per heavy atom. The Bertz CT molecular complexity index is 624. The molecule has 0 aliphatic rings. The Morgan fingerprint density at radius 1 is 1.08 bits per heavy atom. The Balaban J connectivity index is 3.26. The number of benzene rings is 1. The third-order valence-electron chi connectivity index (χ3n) is 3.19. The van der Waals surface area contributed by atoms with Crippen LogP contribution in [0.15, 0.2) is 36.2 Å². The molecule has 0 atom stereocenters. The normalized spacial score (nSPS) is 11.6. The lowest BCUT2D eigenvalue weighted by atomic mass is 9.93. The fraction of sp³-hybridized carbons (Fsp3) is 0.389. The molecule has 0 radical (unpaired) electrons. The van der Waals surface area contributed by atoms with E-state index in [1.165, 1.54) is 19.9 Å². The monoisotopic (exact) mass is 351 g/mol. The summed E-state index contributed by atoms with van der Waals surface area (Å²) in [6.07, 6.45) is 0.466. The summed E-state index contributed by atoms with van der Waals surface area (Å²) < 4.78 is 24.3. The summed E-state index contributed by atoms with van der Waals surface area (Å²) in [5, 5.41) is 2.21. The van der Waals surface area contributed by atoms with E-state index in [1.807, 2.05) is 0 Å². The van der Waals surface area contributed by atoms with Gasteiger partial charge >= 0.3 is 11.9 Å². The van der Waals surface area contributed by atoms with Gasteiger partial charge in [0, 0.05) is 13.3 Å². The molecule has 0 aliphatic heterocycles. The average Bonchev–Trinajstić information content (AvgIpc) is 2.55. The molecule has 1 rings (SSSR count). The van der Waals surface area contributed by atoms with Crippen molar-refractivity contribution in [3.8, 4) is 0 Å². The quantitative estimate of drug-likeness (QED) is 0.574. The van der Waals surface area contributed by atoms with Crippen LogP contribution in [0.2, 0.25) is 0 Å². The van der Waals surface area contributed by atoms with Crippen molar-refractivity contribution in [1.29, 1.82) is 0 Å². The summed E-state index contributed by atoms with van der Waals surface area (Å²) >= 11 is 0. The van der Waals surface area contributed by atoms with Gasteiger partial charge in [-0.3, -0.25) is 4.79 Å². The van der Waals surface area contributed by atoms with Crippen LogP contribution in [-0.4, -0.2) is 36.6 Å². The van der Waals surface area contributed by atoms with E-state index in [0.717, 1.165) is 6.92 Å². The van der Waals surface area contributed by atoms with Gasteiger partial charge in [0.05, 0.1) is 13.2 Å². The number of esters is 2.